The third-order valence-electron chi connectivity index (χ3n) is 2.02. The molecule has 15 heavy (non-hydrogen) atoms. The van der Waals surface area contributed by atoms with E-state index in [1.807, 2.05) is 42.5 Å². The van der Waals surface area contributed by atoms with Gasteiger partial charge in [-0.15, -0.1) is 0 Å². The van der Waals surface area contributed by atoms with E-state index in [2.05, 4.69) is 4.74 Å². The molecular weight excluding hydrogens is 190 g/mol. The molecule has 2 N–H and O–H groups in total. The van der Waals surface area contributed by atoms with Gasteiger partial charge >= 0.3 is 5.97 Å². The first-order valence-corrected chi connectivity index (χ1v) is 4.78. The standard InChI is InChI=1S/C12H15NO2/c1-15-12(14)11(13)9-10-7-5-3-2-4-6-8-10/h2-8,11H,9,13H2,1H3/b3-2-,4-2?,5-3?,6-4-,7-5-,8-6?,10-7?,10-8+/t11-/m0/s1. The molecule has 0 bridgehead atoms. The first-order valence-electron chi connectivity index (χ1n) is 4.78. The van der Waals surface area contributed by atoms with Gasteiger partial charge in [0.05, 0.1) is 7.11 Å². The van der Waals surface area contributed by atoms with Crippen LogP contribution in [0, 0.1) is 0 Å². The summed E-state index contributed by atoms with van der Waals surface area (Å²) in [6.07, 6.45) is 14.0. The minimum Gasteiger partial charge on any atom is -0.468 e. The molecule has 0 aliphatic heterocycles. The number of carbonyl (C=O) groups excluding carboxylic acids is 1. The second-order valence-corrected chi connectivity index (χ2v) is 3.20. The zero-order valence-electron chi connectivity index (χ0n) is 8.72. The van der Waals surface area contributed by atoms with Crippen molar-refractivity contribution in [3.8, 4) is 0 Å². The highest BCUT2D eigenvalue weighted by Gasteiger charge is 2.14. The fraction of sp³-hybridized carbons (Fsp3) is 0.250. The summed E-state index contributed by atoms with van der Waals surface area (Å²) in [6, 6.07) is -0.595. The van der Waals surface area contributed by atoms with Gasteiger partial charge in [0, 0.05) is 0 Å². The monoisotopic (exact) mass is 205 g/mol. The Bertz CT molecular complexity index is 338. The molecule has 0 amide bonds. The number of esters is 1. The molecule has 0 aromatic rings. The van der Waals surface area contributed by atoms with Crippen molar-refractivity contribution in [2.75, 3.05) is 7.11 Å². The molecular formula is C12H15NO2. The molecule has 0 radical (unpaired) electrons. The number of allylic oxidation sites excluding steroid dienone is 7. The number of nitrogens with two attached hydrogens (primary N) is 1. The summed E-state index contributed by atoms with van der Waals surface area (Å²) in [7, 11) is 1.34. The molecule has 0 aromatic carbocycles. The van der Waals surface area contributed by atoms with Gasteiger partial charge in [0.25, 0.3) is 0 Å². The van der Waals surface area contributed by atoms with E-state index >= 15 is 0 Å². The molecule has 1 aliphatic rings. The predicted molar refractivity (Wildman–Crippen MR) is 60.1 cm³/mol. The lowest BCUT2D eigenvalue weighted by Crippen LogP contribution is -2.31. The van der Waals surface area contributed by atoms with E-state index in [0.717, 1.165) is 5.57 Å². The van der Waals surface area contributed by atoms with Crippen LogP contribution in [-0.2, 0) is 9.53 Å². The van der Waals surface area contributed by atoms with Gasteiger partial charge in [0.2, 0.25) is 0 Å². The van der Waals surface area contributed by atoms with Crippen LogP contribution in [-0.4, -0.2) is 19.1 Å². The van der Waals surface area contributed by atoms with Crippen LogP contribution in [0.1, 0.15) is 6.42 Å². The first kappa shape index (κ1) is 11.5. The summed E-state index contributed by atoms with van der Waals surface area (Å²) in [5.74, 6) is -0.383. The maximum Gasteiger partial charge on any atom is 0.322 e. The lowest BCUT2D eigenvalue weighted by atomic mass is 10.0. The molecule has 0 saturated heterocycles. The molecule has 80 valence electrons. The van der Waals surface area contributed by atoms with Gasteiger partial charge in [0.1, 0.15) is 6.04 Å². The smallest absolute Gasteiger partial charge is 0.322 e. The Balaban J connectivity index is 2.61. The van der Waals surface area contributed by atoms with Crippen molar-refractivity contribution in [3.05, 3.63) is 48.1 Å². The molecule has 1 rings (SSSR count). The van der Waals surface area contributed by atoms with Crippen LogP contribution in [0.3, 0.4) is 0 Å². The lowest BCUT2D eigenvalue weighted by molar-refractivity contribution is -0.142. The van der Waals surface area contributed by atoms with Crippen LogP contribution >= 0.6 is 0 Å². The molecule has 1 atom stereocenters. The molecule has 0 fully saturated rings. The van der Waals surface area contributed by atoms with E-state index < -0.39 is 6.04 Å². The molecule has 0 aromatic heterocycles. The highest BCUT2D eigenvalue weighted by Crippen LogP contribution is 2.09. The van der Waals surface area contributed by atoms with Gasteiger partial charge in [-0.25, -0.2) is 0 Å². The Hall–Kier alpha value is -1.61. The molecule has 1 aliphatic carbocycles. The topological polar surface area (TPSA) is 52.3 Å². The molecule has 3 nitrogen and oxygen atoms in total. The molecule has 0 spiro atoms. The minimum absolute atomic E-state index is 0.383. The summed E-state index contributed by atoms with van der Waals surface area (Å²) >= 11 is 0. The fourth-order valence-corrected chi connectivity index (χ4v) is 1.23. The van der Waals surface area contributed by atoms with Crippen molar-refractivity contribution >= 4 is 5.97 Å². The minimum atomic E-state index is -0.595. The Kier molecular flexibility index (Phi) is 4.57. The predicted octanol–water partition coefficient (Wildman–Crippen LogP) is 1.49. The number of hydrogen-bond donors (Lipinski definition) is 1. The molecule has 0 heterocycles. The summed E-state index contributed by atoms with van der Waals surface area (Å²) < 4.78 is 4.56. The van der Waals surface area contributed by atoms with Gasteiger partial charge in [0.15, 0.2) is 0 Å². The number of rotatable bonds is 3. The highest BCUT2D eigenvalue weighted by atomic mass is 16.5. The van der Waals surface area contributed by atoms with Crippen molar-refractivity contribution in [3.63, 3.8) is 0 Å². The molecule has 0 unspecified atom stereocenters. The Morgan fingerprint density at radius 1 is 1.33 bits per heavy atom. The van der Waals surface area contributed by atoms with Crippen LogP contribution in [0.15, 0.2) is 48.1 Å². The van der Waals surface area contributed by atoms with Crippen molar-refractivity contribution in [2.45, 2.75) is 12.5 Å². The third kappa shape index (κ3) is 3.95. The van der Waals surface area contributed by atoms with Gasteiger partial charge in [-0.3, -0.25) is 4.79 Å². The van der Waals surface area contributed by atoms with E-state index in [-0.39, 0.29) is 5.97 Å². The summed E-state index contributed by atoms with van der Waals surface area (Å²) in [4.78, 5) is 11.1. The third-order valence-corrected chi connectivity index (χ3v) is 2.02. The summed E-state index contributed by atoms with van der Waals surface area (Å²) in [6.45, 7) is 0. The summed E-state index contributed by atoms with van der Waals surface area (Å²) in [5.41, 5.74) is 6.67. The largest absolute Gasteiger partial charge is 0.468 e. The van der Waals surface area contributed by atoms with Gasteiger partial charge in [-0.1, -0.05) is 42.5 Å². The highest BCUT2D eigenvalue weighted by molar-refractivity contribution is 5.75. The van der Waals surface area contributed by atoms with Gasteiger partial charge in [-0.05, 0) is 12.0 Å². The van der Waals surface area contributed by atoms with Crippen molar-refractivity contribution in [2.24, 2.45) is 5.73 Å². The van der Waals surface area contributed by atoms with Crippen LogP contribution in [0.2, 0.25) is 0 Å². The van der Waals surface area contributed by atoms with Gasteiger partial charge < -0.3 is 10.5 Å². The normalized spacial score (nSPS) is 26.4. The van der Waals surface area contributed by atoms with E-state index in [1.165, 1.54) is 7.11 Å². The van der Waals surface area contributed by atoms with E-state index in [0.29, 0.717) is 6.42 Å². The Morgan fingerprint density at radius 3 is 2.73 bits per heavy atom. The zero-order valence-corrected chi connectivity index (χ0v) is 8.72. The van der Waals surface area contributed by atoms with E-state index in [4.69, 9.17) is 5.73 Å². The summed E-state index contributed by atoms with van der Waals surface area (Å²) in [5, 5.41) is 0. The maximum atomic E-state index is 11.1. The number of hydrogen-bond acceptors (Lipinski definition) is 3. The van der Waals surface area contributed by atoms with Crippen molar-refractivity contribution in [1.29, 1.82) is 0 Å². The fourth-order valence-electron chi connectivity index (χ4n) is 1.23. The molecule has 0 saturated carbocycles. The quantitative estimate of drug-likeness (QED) is 0.710. The zero-order chi connectivity index (χ0) is 11.1. The Morgan fingerprint density at radius 2 is 2.00 bits per heavy atom. The first-order chi connectivity index (χ1) is 7.24. The average Bonchev–Trinajstić information content (AvgIpc) is 2.20. The van der Waals surface area contributed by atoms with Crippen LogP contribution in [0.25, 0.3) is 0 Å². The van der Waals surface area contributed by atoms with Crippen LogP contribution in [0.4, 0.5) is 0 Å². The number of methoxy groups -OCH3 is 1. The van der Waals surface area contributed by atoms with Crippen molar-refractivity contribution < 1.29 is 9.53 Å². The molecule has 3 heteroatoms. The van der Waals surface area contributed by atoms with Crippen LogP contribution in [0.5, 0.6) is 0 Å². The number of ether oxygens (including phenoxy) is 1. The van der Waals surface area contributed by atoms with Crippen molar-refractivity contribution in [1.82, 2.24) is 0 Å². The van der Waals surface area contributed by atoms with Gasteiger partial charge in [-0.2, -0.15) is 0 Å². The van der Waals surface area contributed by atoms with E-state index in [9.17, 15) is 4.79 Å². The van der Waals surface area contributed by atoms with E-state index in [1.54, 1.807) is 0 Å². The number of carbonyl (C=O) groups is 1. The average molecular weight is 205 g/mol. The Labute approximate surface area is 89.6 Å². The second kappa shape index (κ2) is 5.98. The second-order valence-electron chi connectivity index (χ2n) is 3.20. The van der Waals surface area contributed by atoms with Crippen LogP contribution < -0.4 is 5.73 Å². The maximum absolute atomic E-state index is 11.1. The SMILES string of the molecule is COC(=O)[C@@H](N)CC1=C/C=C\C=C/C=C\1. The lowest BCUT2D eigenvalue weighted by Gasteiger charge is -2.09.